The minimum atomic E-state index is -0.691. The van der Waals surface area contributed by atoms with Gasteiger partial charge in [-0.05, 0) is 30.0 Å². The van der Waals surface area contributed by atoms with Crippen LogP contribution in [0.3, 0.4) is 0 Å². The minimum absolute atomic E-state index is 0.381. The van der Waals surface area contributed by atoms with Crippen molar-refractivity contribution in [2.24, 2.45) is 0 Å². The number of hydrogen-bond acceptors (Lipinski definition) is 5. The summed E-state index contributed by atoms with van der Waals surface area (Å²) in [5, 5.41) is 0. The van der Waals surface area contributed by atoms with Crippen molar-refractivity contribution < 1.29 is 19.1 Å². The highest BCUT2D eigenvalue weighted by atomic mass is 16.5. The zero-order valence-corrected chi connectivity index (χ0v) is 15.9. The van der Waals surface area contributed by atoms with Crippen molar-refractivity contribution in [3.63, 3.8) is 0 Å². The average Bonchev–Trinajstić information content (AvgIpc) is 3.18. The summed E-state index contributed by atoms with van der Waals surface area (Å²) in [6.45, 7) is 1.63. The van der Waals surface area contributed by atoms with Gasteiger partial charge in [0.15, 0.2) is 0 Å². The molecule has 1 aromatic carbocycles. The first-order chi connectivity index (χ1) is 13.5. The molecule has 2 aromatic rings. The zero-order chi connectivity index (χ0) is 19.9. The van der Waals surface area contributed by atoms with Gasteiger partial charge in [0.05, 0.1) is 0 Å². The van der Waals surface area contributed by atoms with E-state index in [1.54, 1.807) is 12.4 Å². The summed E-state index contributed by atoms with van der Waals surface area (Å²) in [6, 6.07) is 12.9. The molecule has 1 saturated heterocycles. The molecule has 28 heavy (non-hydrogen) atoms. The highest BCUT2D eigenvalue weighted by molar-refractivity contribution is 6.35. The Bertz CT molecular complexity index is 781. The molecule has 0 N–H and O–H groups in total. The van der Waals surface area contributed by atoms with Gasteiger partial charge in [-0.25, -0.2) is 4.79 Å². The number of Topliss-reactive ketones (excluding diaryl/α,β-unsaturated/α-hetero) is 1. The van der Waals surface area contributed by atoms with E-state index in [1.807, 2.05) is 42.5 Å². The largest absolute Gasteiger partial charge is 0.460 e. The van der Waals surface area contributed by atoms with Gasteiger partial charge in [-0.2, -0.15) is 0 Å². The summed E-state index contributed by atoms with van der Waals surface area (Å²) < 4.78 is 5.83. The third-order valence-corrected chi connectivity index (χ3v) is 4.86. The van der Waals surface area contributed by atoms with Gasteiger partial charge < -0.3 is 9.64 Å². The van der Waals surface area contributed by atoms with Crippen LogP contribution in [0.25, 0.3) is 0 Å². The van der Waals surface area contributed by atoms with E-state index in [0.29, 0.717) is 32.2 Å². The molecule has 1 aromatic heterocycles. The normalized spacial score (nSPS) is 17.2. The maximum atomic E-state index is 12.8. The quantitative estimate of drug-likeness (QED) is 0.544. The lowest BCUT2D eigenvalue weighted by Gasteiger charge is -2.25. The Morgan fingerprint density at radius 3 is 2.50 bits per heavy atom. The Balaban J connectivity index is 1.73. The molecule has 146 valence electrons. The molecule has 0 radical (unpaired) electrons. The van der Waals surface area contributed by atoms with Crippen molar-refractivity contribution in [1.29, 1.82) is 0 Å². The van der Waals surface area contributed by atoms with E-state index in [1.165, 1.54) is 11.8 Å². The average molecular weight is 380 g/mol. The number of hydrogen-bond donors (Lipinski definition) is 0. The Kier molecular flexibility index (Phi) is 6.53. The van der Waals surface area contributed by atoms with Crippen LogP contribution in [-0.4, -0.2) is 46.2 Å². The van der Waals surface area contributed by atoms with Gasteiger partial charge in [0.2, 0.25) is 5.78 Å². The number of rotatable bonds is 7. The maximum absolute atomic E-state index is 12.8. The topological polar surface area (TPSA) is 76.6 Å². The monoisotopic (exact) mass is 380 g/mol. The Labute approximate surface area is 164 Å². The number of pyridine rings is 1. The summed E-state index contributed by atoms with van der Waals surface area (Å²) in [5.41, 5.74) is 2.03. The van der Waals surface area contributed by atoms with Crippen LogP contribution in [-0.2, 0) is 32.0 Å². The molecular formula is C22H24N2O4. The number of ketones is 1. The molecule has 2 atom stereocenters. The first-order valence-corrected chi connectivity index (χ1v) is 9.49. The molecule has 6 nitrogen and oxygen atoms in total. The maximum Gasteiger partial charge on any atom is 0.329 e. The predicted molar refractivity (Wildman–Crippen MR) is 103 cm³/mol. The van der Waals surface area contributed by atoms with Crippen molar-refractivity contribution in [1.82, 2.24) is 9.88 Å². The first kappa shape index (κ1) is 19.7. The molecule has 1 amide bonds. The molecule has 0 aliphatic carbocycles. The molecule has 1 fully saturated rings. The first-order valence-electron chi connectivity index (χ1n) is 9.49. The van der Waals surface area contributed by atoms with E-state index < -0.39 is 23.7 Å². The molecule has 1 aliphatic rings. The predicted octanol–water partition coefficient (Wildman–Crippen LogP) is 2.36. The fourth-order valence-electron chi connectivity index (χ4n) is 3.51. The lowest BCUT2D eigenvalue weighted by atomic mass is 10.0. The van der Waals surface area contributed by atoms with E-state index in [2.05, 4.69) is 4.98 Å². The second-order valence-corrected chi connectivity index (χ2v) is 7.03. The summed E-state index contributed by atoms with van der Waals surface area (Å²) in [6.07, 6.45) is 5.37. The molecule has 0 spiro atoms. The van der Waals surface area contributed by atoms with E-state index in [0.717, 1.165) is 11.1 Å². The van der Waals surface area contributed by atoms with E-state index >= 15 is 0 Å². The molecule has 2 heterocycles. The number of esters is 1. The van der Waals surface area contributed by atoms with Crippen molar-refractivity contribution in [2.45, 2.75) is 44.8 Å². The number of benzene rings is 1. The highest BCUT2D eigenvalue weighted by Gasteiger charge is 2.37. The van der Waals surface area contributed by atoms with Gasteiger partial charge in [-0.15, -0.1) is 0 Å². The van der Waals surface area contributed by atoms with Crippen LogP contribution < -0.4 is 0 Å². The van der Waals surface area contributed by atoms with Crippen molar-refractivity contribution in [3.05, 3.63) is 66.0 Å². The Morgan fingerprint density at radius 1 is 1.11 bits per heavy atom. The van der Waals surface area contributed by atoms with Gasteiger partial charge in [-0.3, -0.25) is 14.6 Å². The number of aromatic nitrogens is 1. The number of amides is 1. The summed E-state index contributed by atoms with van der Waals surface area (Å²) in [5.74, 6) is -1.63. The third-order valence-electron chi connectivity index (χ3n) is 4.86. The van der Waals surface area contributed by atoms with E-state index in [9.17, 15) is 14.4 Å². The van der Waals surface area contributed by atoms with Gasteiger partial charge in [-0.1, -0.05) is 36.4 Å². The van der Waals surface area contributed by atoms with Gasteiger partial charge >= 0.3 is 5.97 Å². The van der Waals surface area contributed by atoms with Crippen LogP contribution in [0.2, 0.25) is 0 Å². The fraction of sp³-hybridized carbons (Fsp3) is 0.364. The number of carbonyl (C=O) groups excluding carboxylic acids is 3. The lowest BCUT2D eigenvalue weighted by molar-refractivity contribution is -0.159. The van der Waals surface area contributed by atoms with Crippen molar-refractivity contribution in [2.75, 3.05) is 6.54 Å². The number of nitrogens with zero attached hydrogens (tertiary/aromatic N) is 2. The molecule has 0 bridgehead atoms. The zero-order valence-electron chi connectivity index (χ0n) is 15.9. The lowest BCUT2D eigenvalue weighted by Crippen LogP contribution is -2.45. The smallest absolute Gasteiger partial charge is 0.329 e. The second kappa shape index (κ2) is 9.26. The van der Waals surface area contributed by atoms with Crippen LogP contribution in [0.4, 0.5) is 0 Å². The van der Waals surface area contributed by atoms with Crippen LogP contribution in [0.15, 0.2) is 54.9 Å². The molecule has 3 rings (SSSR count). The van der Waals surface area contributed by atoms with E-state index in [4.69, 9.17) is 4.74 Å². The summed E-state index contributed by atoms with van der Waals surface area (Å²) >= 11 is 0. The second-order valence-electron chi connectivity index (χ2n) is 7.03. The number of carbonyl (C=O) groups is 3. The van der Waals surface area contributed by atoms with Gasteiger partial charge in [0.1, 0.15) is 12.1 Å². The van der Waals surface area contributed by atoms with Gasteiger partial charge in [0, 0.05) is 38.7 Å². The Morgan fingerprint density at radius 2 is 1.82 bits per heavy atom. The van der Waals surface area contributed by atoms with Gasteiger partial charge in [0.25, 0.3) is 5.91 Å². The van der Waals surface area contributed by atoms with E-state index in [-0.39, 0.29) is 6.10 Å². The fourth-order valence-corrected chi connectivity index (χ4v) is 3.51. The molecular weight excluding hydrogens is 356 g/mol. The van der Waals surface area contributed by atoms with Crippen LogP contribution in [0.1, 0.15) is 30.9 Å². The standard InChI is InChI=1S/C22H24N2O4/c1-16(25)21(26)24-12-6-10-20(24)22(27)28-19(13-17-7-3-2-4-8-17)14-18-9-5-11-23-15-18/h2-5,7-9,11,15,19-20H,6,10,12-14H2,1H3/t19?,20-/m0/s1. The minimum Gasteiger partial charge on any atom is -0.460 e. The summed E-state index contributed by atoms with van der Waals surface area (Å²) in [4.78, 5) is 41.8. The molecule has 1 unspecified atom stereocenters. The van der Waals surface area contributed by atoms with Crippen LogP contribution in [0.5, 0.6) is 0 Å². The Hall–Kier alpha value is -3.02. The highest BCUT2D eigenvalue weighted by Crippen LogP contribution is 2.21. The third kappa shape index (κ3) is 5.03. The summed E-state index contributed by atoms with van der Waals surface area (Å²) in [7, 11) is 0. The SMILES string of the molecule is CC(=O)C(=O)N1CCC[C@H]1C(=O)OC(Cc1ccccc1)Cc1cccnc1. The van der Waals surface area contributed by atoms with Crippen LogP contribution in [0, 0.1) is 0 Å². The van der Waals surface area contributed by atoms with Crippen molar-refractivity contribution in [3.8, 4) is 0 Å². The molecule has 0 saturated carbocycles. The molecule has 6 heteroatoms. The van der Waals surface area contributed by atoms with Crippen molar-refractivity contribution >= 4 is 17.7 Å². The number of ether oxygens (including phenoxy) is 1. The molecule has 1 aliphatic heterocycles. The number of likely N-dealkylation sites (tertiary alicyclic amines) is 1. The van der Waals surface area contributed by atoms with Crippen LogP contribution >= 0.6 is 0 Å².